The SMILES string of the molecule is COCCC1(CN2CCNC(c3ccccc3)C2)CC1. The third kappa shape index (κ3) is 3.40. The molecule has 0 spiro atoms. The number of rotatable bonds is 6. The van der Waals surface area contributed by atoms with E-state index in [9.17, 15) is 0 Å². The van der Waals surface area contributed by atoms with Gasteiger partial charge in [-0.2, -0.15) is 0 Å². The zero-order valence-electron chi connectivity index (χ0n) is 12.5. The van der Waals surface area contributed by atoms with Gasteiger partial charge in [0.05, 0.1) is 0 Å². The first-order valence-corrected chi connectivity index (χ1v) is 7.81. The maximum Gasteiger partial charge on any atom is 0.0468 e. The molecule has 3 rings (SSSR count). The van der Waals surface area contributed by atoms with Crippen molar-refractivity contribution in [1.82, 2.24) is 10.2 Å². The van der Waals surface area contributed by atoms with Crippen molar-refractivity contribution in [3.05, 3.63) is 35.9 Å². The van der Waals surface area contributed by atoms with Gasteiger partial charge in [-0.3, -0.25) is 4.90 Å². The first kappa shape index (κ1) is 14.1. The van der Waals surface area contributed by atoms with Crippen LogP contribution < -0.4 is 5.32 Å². The van der Waals surface area contributed by atoms with Crippen molar-refractivity contribution in [1.29, 1.82) is 0 Å². The zero-order valence-corrected chi connectivity index (χ0v) is 12.5. The average molecular weight is 274 g/mol. The number of hydrogen-bond acceptors (Lipinski definition) is 3. The van der Waals surface area contributed by atoms with E-state index in [2.05, 4.69) is 40.5 Å². The fourth-order valence-electron chi connectivity index (χ4n) is 3.32. The Morgan fingerprint density at radius 1 is 1.30 bits per heavy atom. The number of ether oxygens (including phenoxy) is 1. The summed E-state index contributed by atoms with van der Waals surface area (Å²) in [6.45, 7) is 5.58. The summed E-state index contributed by atoms with van der Waals surface area (Å²) in [6, 6.07) is 11.3. The normalized spacial score (nSPS) is 25.6. The van der Waals surface area contributed by atoms with Gasteiger partial charge < -0.3 is 10.1 Å². The van der Waals surface area contributed by atoms with E-state index in [0.717, 1.165) is 19.7 Å². The van der Waals surface area contributed by atoms with Crippen molar-refractivity contribution in [2.45, 2.75) is 25.3 Å². The van der Waals surface area contributed by atoms with Crippen LogP contribution in [-0.2, 0) is 4.74 Å². The van der Waals surface area contributed by atoms with E-state index in [1.807, 2.05) is 7.11 Å². The Balaban J connectivity index is 1.56. The van der Waals surface area contributed by atoms with Crippen LogP contribution in [0.25, 0.3) is 0 Å². The molecule has 2 aliphatic rings. The molecule has 1 saturated carbocycles. The fourth-order valence-corrected chi connectivity index (χ4v) is 3.32. The smallest absolute Gasteiger partial charge is 0.0468 e. The second-order valence-electron chi connectivity index (χ2n) is 6.40. The second-order valence-corrected chi connectivity index (χ2v) is 6.40. The molecule has 0 amide bonds. The van der Waals surface area contributed by atoms with Crippen LogP contribution >= 0.6 is 0 Å². The van der Waals surface area contributed by atoms with Crippen molar-refractivity contribution in [2.75, 3.05) is 39.9 Å². The molecule has 0 aromatic heterocycles. The Bertz CT molecular complexity index is 416. The van der Waals surface area contributed by atoms with Crippen molar-refractivity contribution in [2.24, 2.45) is 5.41 Å². The lowest BCUT2D eigenvalue weighted by Crippen LogP contribution is -2.47. The number of methoxy groups -OCH3 is 1. The quantitative estimate of drug-likeness (QED) is 0.862. The molecule has 3 nitrogen and oxygen atoms in total. The van der Waals surface area contributed by atoms with E-state index in [1.165, 1.54) is 37.9 Å². The zero-order chi connectivity index (χ0) is 13.8. The summed E-state index contributed by atoms with van der Waals surface area (Å²) in [4.78, 5) is 2.65. The van der Waals surface area contributed by atoms with Crippen LogP contribution in [0.15, 0.2) is 30.3 Å². The highest BCUT2D eigenvalue weighted by Crippen LogP contribution is 2.49. The molecule has 1 atom stereocenters. The van der Waals surface area contributed by atoms with Crippen LogP contribution in [0.5, 0.6) is 0 Å². The van der Waals surface area contributed by atoms with Crippen LogP contribution in [0.1, 0.15) is 30.9 Å². The molecular weight excluding hydrogens is 248 g/mol. The van der Waals surface area contributed by atoms with Crippen LogP contribution in [-0.4, -0.2) is 44.8 Å². The molecular formula is C17H26N2O. The van der Waals surface area contributed by atoms with Crippen molar-refractivity contribution in [3.63, 3.8) is 0 Å². The van der Waals surface area contributed by atoms with Gasteiger partial charge in [-0.1, -0.05) is 30.3 Å². The molecule has 1 heterocycles. The fraction of sp³-hybridized carbons (Fsp3) is 0.647. The molecule has 110 valence electrons. The molecule has 1 saturated heterocycles. The maximum absolute atomic E-state index is 5.27. The molecule has 1 aromatic rings. The van der Waals surface area contributed by atoms with Gasteiger partial charge in [0.2, 0.25) is 0 Å². The second kappa shape index (κ2) is 6.25. The summed E-state index contributed by atoms with van der Waals surface area (Å²) in [5.41, 5.74) is 1.98. The maximum atomic E-state index is 5.27. The number of hydrogen-bond donors (Lipinski definition) is 1. The molecule has 0 bridgehead atoms. The molecule has 1 unspecified atom stereocenters. The lowest BCUT2D eigenvalue weighted by atomic mass is 9.99. The van der Waals surface area contributed by atoms with E-state index in [-0.39, 0.29) is 0 Å². The largest absolute Gasteiger partial charge is 0.385 e. The molecule has 0 radical (unpaired) electrons. The highest BCUT2D eigenvalue weighted by atomic mass is 16.5. The van der Waals surface area contributed by atoms with E-state index in [1.54, 1.807) is 0 Å². The predicted molar refractivity (Wildman–Crippen MR) is 81.8 cm³/mol. The highest BCUT2D eigenvalue weighted by Gasteiger charge is 2.43. The Morgan fingerprint density at radius 3 is 2.80 bits per heavy atom. The predicted octanol–water partition coefficient (Wildman–Crippen LogP) is 2.45. The van der Waals surface area contributed by atoms with E-state index >= 15 is 0 Å². The first-order valence-electron chi connectivity index (χ1n) is 7.81. The molecule has 1 aromatic carbocycles. The van der Waals surface area contributed by atoms with Gasteiger partial charge in [-0.05, 0) is 30.2 Å². The van der Waals surface area contributed by atoms with Crippen LogP contribution in [0.4, 0.5) is 0 Å². The third-order valence-corrected chi connectivity index (χ3v) is 4.81. The number of piperazine rings is 1. The minimum absolute atomic E-state index is 0.489. The third-order valence-electron chi connectivity index (χ3n) is 4.81. The summed E-state index contributed by atoms with van der Waals surface area (Å²) < 4.78 is 5.27. The minimum Gasteiger partial charge on any atom is -0.385 e. The summed E-state index contributed by atoms with van der Waals surface area (Å²) >= 11 is 0. The lowest BCUT2D eigenvalue weighted by Gasteiger charge is -2.36. The van der Waals surface area contributed by atoms with Gasteiger partial charge in [-0.25, -0.2) is 0 Å². The Labute approximate surface area is 122 Å². The van der Waals surface area contributed by atoms with Gasteiger partial charge in [-0.15, -0.1) is 0 Å². The molecule has 3 heteroatoms. The summed E-state index contributed by atoms with van der Waals surface area (Å²) in [5.74, 6) is 0. The summed E-state index contributed by atoms with van der Waals surface area (Å²) in [7, 11) is 1.81. The van der Waals surface area contributed by atoms with E-state index < -0.39 is 0 Å². The number of nitrogens with one attached hydrogen (secondary N) is 1. The van der Waals surface area contributed by atoms with Crippen LogP contribution in [0.2, 0.25) is 0 Å². The monoisotopic (exact) mass is 274 g/mol. The van der Waals surface area contributed by atoms with Crippen molar-refractivity contribution >= 4 is 0 Å². The van der Waals surface area contributed by atoms with Crippen molar-refractivity contribution in [3.8, 4) is 0 Å². The Morgan fingerprint density at radius 2 is 2.10 bits per heavy atom. The van der Waals surface area contributed by atoms with Crippen LogP contribution in [0.3, 0.4) is 0 Å². The molecule has 2 fully saturated rings. The summed E-state index contributed by atoms with van der Waals surface area (Å²) in [6.07, 6.45) is 4.00. The van der Waals surface area contributed by atoms with Gasteiger partial charge in [0.25, 0.3) is 0 Å². The van der Waals surface area contributed by atoms with Gasteiger partial charge in [0, 0.05) is 45.9 Å². The van der Waals surface area contributed by atoms with Crippen molar-refractivity contribution < 1.29 is 4.74 Å². The molecule has 1 aliphatic heterocycles. The number of nitrogens with zero attached hydrogens (tertiary/aromatic N) is 1. The first-order chi connectivity index (χ1) is 9.81. The number of benzene rings is 1. The van der Waals surface area contributed by atoms with Gasteiger partial charge in [0.1, 0.15) is 0 Å². The average Bonchev–Trinajstić information content (AvgIpc) is 3.26. The molecule has 20 heavy (non-hydrogen) atoms. The topological polar surface area (TPSA) is 24.5 Å². The van der Waals surface area contributed by atoms with Crippen LogP contribution in [0, 0.1) is 5.41 Å². The minimum atomic E-state index is 0.489. The van der Waals surface area contributed by atoms with Gasteiger partial charge >= 0.3 is 0 Å². The molecule has 1 aliphatic carbocycles. The Kier molecular flexibility index (Phi) is 4.39. The van der Waals surface area contributed by atoms with E-state index in [0.29, 0.717) is 11.5 Å². The van der Waals surface area contributed by atoms with Gasteiger partial charge in [0.15, 0.2) is 0 Å². The summed E-state index contributed by atoms with van der Waals surface area (Å²) in [5, 5.41) is 3.65. The lowest BCUT2D eigenvalue weighted by molar-refractivity contribution is 0.129. The van der Waals surface area contributed by atoms with E-state index in [4.69, 9.17) is 4.74 Å². The highest BCUT2D eigenvalue weighted by molar-refractivity contribution is 5.20. The molecule has 1 N–H and O–H groups in total. The standard InChI is InChI=1S/C17H26N2O/c1-20-12-9-17(7-8-17)14-19-11-10-18-16(13-19)15-5-3-2-4-6-15/h2-6,16,18H,7-14H2,1H3. The Hall–Kier alpha value is -0.900.